The fourth-order valence-electron chi connectivity index (χ4n) is 2.35. The van der Waals surface area contributed by atoms with Crippen molar-refractivity contribution in [2.75, 3.05) is 14.2 Å². The molecule has 0 fully saturated rings. The lowest BCUT2D eigenvalue weighted by Crippen LogP contribution is -2.40. The summed E-state index contributed by atoms with van der Waals surface area (Å²) >= 11 is 0. The van der Waals surface area contributed by atoms with E-state index in [0.29, 0.717) is 0 Å². The zero-order chi connectivity index (χ0) is 13.0. The number of benzene rings is 1. The van der Waals surface area contributed by atoms with Gasteiger partial charge in [-0.1, -0.05) is 43.7 Å². The van der Waals surface area contributed by atoms with Crippen LogP contribution in [0.25, 0.3) is 5.76 Å². The van der Waals surface area contributed by atoms with Crippen molar-refractivity contribution in [1.29, 1.82) is 0 Å². The van der Waals surface area contributed by atoms with Gasteiger partial charge in [-0.25, -0.2) is 0 Å². The summed E-state index contributed by atoms with van der Waals surface area (Å²) in [5.41, 5.74) is 1.05. The van der Waals surface area contributed by atoms with Gasteiger partial charge in [0.2, 0.25) is 0 Å². The molecule has 3 nitrogen and oxygen atoms in total. The van der Waals surface area contributed by atoms with Crippen LogP contribution >= 0.6 is 0 Å². The lowest BCUT2D eigenvalue weighted by Gasteiger charge is -2.31. The van der Waals surface area contributed by atoms with Crippen LogP contribution in [-0.4, -0.2) is 20.2 Å². The average Bonchev–Trinajstić information content (AvgIpc) is 2.80. The fourth-order valence-corrected chi connectivity index (χ4v) is 2.35. The van der Waals surface area contributed by atoms with Crippen LogP contribution in [0.5, 0.6) is 0 Å². The van der Waals surface area contributed by atoms with Crippen LogP contribution in [0.15, 0.2) is 36.4 Å². The van der Waals surface area contributed by atoms with Crippen LogP contribution in [0.1, 0.15) is 25.3 Å². The average molecular weight is 248 g/mol. The molecule has 1 aromatic carbocycles. The van der Waals surface area contributed by atoms with Crippen LogP contribution in [0.4, 0.5) is 0 Å². The SMILES string of the molecule is CCCC1C=C(c2ccccc2)OC1(OC)OC. The molecule has 0 amide bonds. The van der Waals surface area contributed by atoms with Crippen LogP contribution in [0.3, 0.4) is 0 Å². The monoisotopic (exact) mass is 248 g/mol. The fraction of sp³-hybridized carbons (Fsp3) is 0.467. The van der Waals surface area contributed by atoms with Gasteiger partial charge in [0.25, 0.3) is 0 Å². The lowest BCUT2D eigenvalue weighted by atomic mass is 10.0. The third-order valence-electron chi connectivity index (χ3n) is 3.29. The zero-order valence-corrected chi connectivity index (χ0v) is 11.2. The van der Waals surface area contributed by atoms with Crippen molar-refractivity contribution in [3.8, 4) is 0 Å². The Labute approximate surface area is 108 Å². The van der Waals surface area contributed by atoms with Gasteiger partial charge in [0.15, 0.2) is 0 Å². The highest BCUT2D eigenvalue weighted by Crippen LogP contribution is 2.41. The number of hydrogen-bond acceptors (Lipinski definition) is 3. The second-order valence-electron chi connectivity index (χ2n) is 4.41. The Morgan fingerprint density at radius 1 is 1.17 bits per heavy atom. The van der Waals surface area contributed by atoms with Crippen molar-refractivity contribution in [3.63, 3.8) is 0 Å². The third-order valence-corrected chi connectivity index (χ3v) is 3.29. The molecule has 1 heterocycles. The van der Waals surface area contributed by atoms with Gasteiger partial charge < -0.3 is 14.2 Å². The first-order valence-corrected chi connectivity index (χ1v) is 6.32. The van der Waals surface area contributed by atoms with Gasteiger partial charge in [-0.3, -0.25) is 0 Å². The lowest BCUT2D eigenvalue weighted by molar-refractivity contribution is -0.346. The summed E-state index contributed by atoms with van der Waals surface area (Å²) in [6, 6.07) is 10.0. The van der Waals surface area contributed by atoms with E-state index in [4.69, 9.17) is 14.2 Å². The Hall–Kier alpha value is -1.32. The largest absolute Gasteiger partial charge is 0.438 e. The maximum Gasteiger partial charge on any atom is 0.333 e. The van der Waals surface area contributed by atoms with Crippen molar-refractivity contribution in [2.24, 2.45) is 5.92 Å². The van der Waals surface area contributed by atoms with E-state index in [9.17, 15) is 0 Å². The molecule has 18 heavy (non-hydrogen) atoms. The van der Waals surface area contributed by atoms with Gasteiger partial charge in [-0.05, 0) is 12.5 Å². The van der Waals surface area contributed by atoms with E-state index in [1.54, 1.807) is 14.2 Å². The standard InChI is InChI=1S/C15H20O3/c1-4-8-13-11-14(12-9-6-5-7-10-12)18-15(13,16-2)17-3/h5-7,9-11,13H,4,8H2,1-3H3. The summed E-state index contributed by atoms with van der Waals surface area (Å²) in [5.74, 6) is -0.0216. The highest BCUT2D eigenvalue weighted by Gasteiger charge is 2.46. The summed E-state index contributed by atoms with van der Waals surface area (Å²) in [6.07, 6.45) is 4.13. The summed E-state index contributed by atoms with van der Waals surface area (Å²) in [6.45, 7) is 2.14. The number of ether oxygens (including phenoxy) is 3. The number of hydrogen-bond donors (Lipinski definition) is 0. The van der Waals surface area contributed by atoms with Crippen LogP contribution in [0.2, 0.25) is 0 Å². The van der Waals surface area contributed by atoms with Gasteiger partial charge in [0.05, 0.1) is 5.92 Å². The third kappa shape index (κ3) is 2.28. The Balaban J connectivity index is 2.27. The van der Waals surface area contributed by atoms with E-state index >= 15 is 0 Å². The molecule has 0 N–H and O–H groups in total. The molecular weight excluding hydrogens is 228 g/mol. The minimum atomic E-state index is -0.971. The van der Waals surface area contributed by atoms with E-state index in [0.717, 1.165) is 24.2 Å². The predicted molar refractivity (Wildman–Crippen MR) is 70.7 cm³/mol. The molecule has 1 atom stereocenters. The molecule has 3 heteroatoms. The molecule has 0 spiro atoms. The first kappa shape index (κ1) is 13.1. The van der Waals surface area contributed by atoms with E-state index < -0.39 is 5.97 Å². The minimum absolute atomic E-state index is 0.118. The molecule has 0 aromatic heterocycles. The normalized spacial score (nSPS) is 21.5. The first-order valence-electron chi connectivity index (χ1n) is 6.32. The summed E-state index contributed by atoms with van der Waals surface area (Å²) in [7, 11) is 3.24. The molecule has 0 saturated heterocycles. The van der Waals surface area contributed by atoms with Crippen LogP contribution in [-0.2, 0) is 14.2 Å². The summed E-state index contributed by atoms with van der Waals surface area (Å²) < 4.78 is 16.9. The number of methoxy groups -OCH3 is 2. The van der Waals surface area contributed by atoms with Gasteiger partial charge in [0, 0.05) is 19.8 Å². The smallest absolute Gasteiger partial charge is 0.333 e. The molecule has 98 valence electrons. The number of rotatable bonds is 5. The Bertz CT molecular complexity index is 407. The second-order valence-corrected chi connectivity index (χ2v) is 4.41. The van der Waals surface area contributed by atoms with Crippen molar-refractivity contribution in [1.82, 2.24) is 0 Å². The second kappa shape index (κ2) is 5.55. The highest BCUT2D eigenvalue weighted by atomic mass is 16.9. The molecule has 1 aliphatic heterocycles. The molecule has 1 unspecified atom stereocenters. The predicted octanol–water partition coefficient (Wildman–Crippen LogP) is 3.42. The van der Waals surface area contributed by atoms with Crippen molar-refractivity contribution in [3.05, 3.63) is 42.0 Å². The zero-order valence-electron chi connectivity index (χ0n) is 11.2. The summed E-state index contributed by atoms with van der Waals surface area (Å²) in [5, 5.41) is 0. The molecule has 0 aliphatic carbocycles. The molecule has 0 saturated carbocycles. The van der Waals surface area contributed by atoms with E-state index in [-0.39, 0.29) is 5.92 Å². The highest BCUT2D eigenvalue weighted by molar-refractivity contribution is 5.62. The molecule has 1 aromatic rings. The Morgan fingerprint density at radius 2 is 1.83 bits per heavy atom. The van der Waals surface area contributed by atoms with E-state index in [1.807, 2.05) is 30.3 Å². The van der Waals surface area contributed by atoms with Crippen molar-refractivity contribution in [2.45, 2.75) is 25.7 Å². The van der Waals surface area contributed by atoms with Gasteiger partial charge in [-0.15, -0.1) is 0 Å². The molecule has 1 aliphatic rings. The molecule has 0 bridgehead atoms. The van der Waals surface area contributed by atoms with Crippen molar-refractivity contribution >= 4 is 5.76 Å². The van der Waals surface area contributed by atoms with Gasteiger partial charge in [-0.2, -0.15) is 0 Å². The maximum absolute atomic E-state index is 5.92. The van der Waals surface area contributed by atoms with E-state index in [2.05, 4.69) is 13.0 Å². The minimum Gasteiger partial charge on any atom is -0.438 e. The molecule has 0 radical (unpaired) electrons. The quantitative estimate of drug-likeness (QED) is 0.747. The maximum atomic E-state index is 5.92. The van der Waals surface area contributed by atoms with Crippen LogP contribution in [0, 0.1) is 5.92 Å². The first-order chi connectivity index (χ1) is 8.75. The van der Waals surface area contributed by atoms with Crippen LogP contribution < -0.4 is 0 Å². The van der Waals surface area contributed by atoms with Gasteiger partial charge in [0.1, 0.15) is 5.76 Å². The molecule has 2 rings (SSSR count). The molecular formula is C15H20O3. The Kier molecular flexibility index (Phi) is 4.04. The topological polar surface area (TPSA) is 27.7 Å². The Morgan fingerprint density at radius 3 is 2.39 bits per heavy atom. The van der Waals surface area contributed by atoms with Crippen molar-refractivity contribution < 1.29 is 14.2 Å². The van der Waals surface area contributed by atoms with E-state index in [1.165, 1.54) is 0 Å². The van der Waals surface area contributed by atoms with Gasteiger partial charge >= 0.3 is 5.97 Å². The summed E-state index contributed by atoms with van der Waals surface area (Å²) in [4.78, 5) is 0.